The van der Waals surface area contributed by atoms with Gasteiger partial charge in [0, 0.05) is 12.1 Å². The average molecular weight is 278 g/mol. The molecule has 0 saturated heterocycles. The zero-order valence-electron chi connectivity index (χ0n) is 10.1. The largest absolute Gasteiger partial charge is 0.349 e. The molecule has 0 aliphatic rings. The van der Waals surface area contributed by atoms with Crippen LogP contribution in [0, 0.1) is 17.5 Å². The molecule has 0 spiro atoms. The quantitative estimate of drug-likeness (QED) is 0.801. The van der Waals surface area contributed by atoms with E-state index in [1.807, 2.05) is 0 Å². The molecule has 2 aromatic heterocycles. The van der Waals surface area contributed by atoms with E-state index in [1.165, 1.54) is 22.8 Å². The summed E-state index contributed by atoms with van der Waals surface area (Å²) in [6.07, 6.45) is 1.18. The van der Waals surface area contributed by atoms with Crippen LogP contribution in [0.25, 0.3) is 5.65 Å². The minimum absolute atomic E-state index is 0.0307. The normalized spacial score (nSPS) is 10.9. The van der Waals surface area contributed by atoms with E-state index >= 15 is 0 Å². The fourth-order valence-electron chi connectivity index (χ4n) is 1.79. The number of hydrogen-bond donors (Lipinski definition) is 1. The zero-order chi connectivity index (χ0) is 14.1. The molecule has 1 N–H and O–H groups in total. The Morgan fingerprint density at radius 3 is 2.70 bits per heavy atom. The van der Waals surface area contributed by atoms with Crippen LogP contribution in [0.5, 0.6) is 0 Å². The Labute approximate surface area is 111 Å². The fraction of sp³-hybridized carbons (Fsp3) is 0.0769. The highest BCUT2D eigenvalue weighted by molar-refractivity contribution is 5.43. The predicted molar refractivity (Wildman–Crippen MR) is 66.6 cm³/mol. The first-order valence-corrected chi connectivity index (χ1v) is 5.81. The lowest BCUT2D eigenvalue weighted by Gasteiger charge is -2.03. The number of nitrogens with one attached hydrogen (secondary N) is 1. The molecule has 20 heavy (non-hydrogen) atoms. The summed E-state index contributed by atoms with van der Waals surface area (Å²) in [7, 11) is 0. The summed E-state index contributed by atoms with van der Waals surface area (Å²) in [5.41, 5.74) is 0.614. The maximum Gasteiger partial charge on any atom is 0.243 e. The lowest BCUT2D eigenvalue weighted by atomic mass is 10.2. The topological polar surface area (TPSA) is 42.2 Å². The molecule has 3 aromatic rings. The summed E-state index contributed by atoms with van der Waals surface area (Å²) < 4.78 is 40.7. The lowest BCUT2D eigenvalue weighted by molar-refractivity contribution is 0.587. The first-order chi connectivity index (χ1) is 9.61. The van der Waals surface area contributed by atoms with Gasteiger partial charge in [0.2, 0.25) is 5.95 Å². The number of benzene rings is 1. The van der Waals surface area contributed by atoms with Gasteiger partial charge in [-0.3, -0.25) is 0 Å². The van der Waals surface area contributed by atoms with E-state index < -0.39 is 17.5 Å². The highest BCUT2D eigenvalue weighted by Crippen LogP contribution is 2.12. The van der Waals surface area contributed by atoms with Crippen molar-refractivity contribution in [3.63, 3.8) is 0 Å². The van der Waals surface area contributed by atoms with Crippen molar-refractivity contribution < 1.29 is 13.2 Å². The van der Waals surface area contributed by atoms with Crippen LogP contribution in [-0.4, -0.2) is 14.6 Å². The van der Waals surface area contributed by atoms with Gasteiger partial charge in [0.15, 0.2) is 5.65 Å². The molecule has 0 saturated carbocycles. The Morgan fingerprint density at radius 1 is 1.05 bits per heavy atom. The summed E-state index contributed by atoms with van der Waals surface area (Å²) in [6.45, 7) is 0.0307. The van der Waals surface area contributed by atoms with Crippen molar-refractivity contribution in [3.8, 4) is 0 Å². The molecule has 0 unspecified atom stereocenters. The fourth-order valence-corrected chi connectivity index (χ4v) is 1.79. The lowest BCUT2D eigenvalue weighted by Crippen LogP contribution is -2.04. The van der Waals surface area contributed by atoms with Gasteiger partial charge < -0.3 is 5.32 Å². The summed E-state index contributed by atoms with van der Waals surface area (Å²) >= 11 is 0. The third kappa shape index (κ3) is 2.42. The number of rotatable bonds is 3. The summed E-state index contributed by atoms with van der Waals surface area (Å²) in [4.78, 5) is 4.08. The SMILES string of the molecule is Fc1ccc(F)c(CNc2nc3ccc(F)cn3n2)c1. The summed E-state index contributed by atoms with van der Waals surface area (Å²) in [5.74, 6) is -1.27. The molecular weight excluding hydrogens is 269 g/mol. The number of anilines is 1. The van der Waals surface area contributed by atoms with Crippen molar-refractivity contribution in [1.82, 2.24) is 14.6 Å². The number of fused-ring (bicyclic) bond motifs is 1. The van der Waals surface area contributed by atoms with Gasteiger partial charge in [0.25, 0.3) is 0 Å². The van der Waals surface area contributed by atoms with Crippen molar-refractivity contribution in [3.05, 3.63) is 59.5 Å². The third-order valence-electron chi connectivity index (χ3n) is 2.74. The number of aromatic nitrogens is 3. The number of nitrogens with zero attached hydrogens (tertiary/aromatic N) is 3. The summed E-state index contributed by atoms with van der Waals surface area (Å²) in [5, 5.41) is 6.74. The van der Waals surface area contributed by atoms with Crippen molar-refractivity contribution >= 4 is 11.6 Å². The van der Waals surface area contributed by atoms with E-state index in [4.69, 9.17) is 0 Å². The Balaban J connectivity index is 1.81. The molecule has 3 rings (SSSR count). The highest BCUT2D eigenvalue weighted by Gasteiger charge is 2.07. The van der Waals surface area contributed by atoms with Crippen LogP contribution in [0.4, 0.5) is 19.1 Å². The smallest absolute Gasteiger partial charge is 0.243 e. The minimum atomic E-state index is -0.520. The van der Waals surface area contributed by atoms with Crippen LogP contribution in [0.3, 0.4) is 0 Å². The Bertz CT molecular complexity index is 769. The second-order valence-corrected chi connectivity index (χ2v) is 4.17. The Kier molecular flexibility index (Phi) is 3.02. The van der Waals surface area contributed by atoms with Gasteiger partial charge in [-0.15, -0.1) is 5.10 Å². The predicted octanol–water partition coefficient (Wildman–Crippen LogP) is 2.76. The van der Waals surface area contributed by atoms with Crippen molar-refractivity contribution in [1.29, 1.82) is 0 Å². The highest BCUT2D eigenvalue weighted by atomic mass is 19.1. The third-order valence-corrected chi connectivity index (χ3v) is 2.74. The van der Waals surface area contributed by atoms with Gasteiger partial charge in [0.05, 0.1) is 6.20 Å². The molecule has 1 aromatic carbocycles. The molecule has 2 heterocycles. The van der Waals surface area contributed by atoms with Gasteiger partial charge in [-0.25, -0.2) is 17.7 Å². The maximum absolute atomic E-state index is 13.4. The molecule has 0 atom stereocenters. The molecule has 0 aliphatic heterocycles. The number of halogens is 3. The van der Waals surface area contributed by atoms with E-state index in [9.17, 15) is 13.2 Å². The second kappa shape index (κ2) is 4.84. The molecular formula is C13H9F3N4. The van der Waals surface area contributed by atoms with Gasteiger partial charge >= 0.3 is 0 Å². The van der Waals surface area contributed by atoms with E-state index in [0.717, 1.165) is 18.2 Å². The molecule has 7 heteroatoms. The number of pyridine rings is 1. The molecule has 0 fully saturated rings. The van der Waals surface area contributed by atoms with Crippen LogP contribution in [0.15, 0.2) is 36.5 Å². The molecule has 0 aliphatic carbocycles. The van der Waals surface area contributed by atoms with Crippen LogP contribution in [0.1, 0.15) is 5.56 Å². The van der Waals surface area contributed by atoms with Gasteiger partial charge in [-0.1, -0.05) is 0 Å². The van der Waals surface area contributed by atoms with E-state index in [-0.39, 0.29) is 18.1 Å². The molecule has 4 nitrogen and oxygen atoms in total. The Hall–Kier alpha value is -2.57. The van der Waals surface area contributed by atoms with E-state index in [0.29, 0.717) is 5.65 Å². The maximum atomic E-state index is 13.4. The first-order valence-electron chi connectivity index (χ1n) is 5.81. The standard InChI is InChI=1S/C13H9F3N4/c14-9-1-3-11(16)8(5-9)6-17-13-18-12-4-2-10(15)7-20(12)19-13/h1-5,7H,6H2,(H,17,19). The monoisotopic (exact) mass is 278 g/mol. The second-order valence-electron chi connectivity index (χ2n) is 4.17. The molecule has 0 bridgehead atoms. The van der Waals surface area contributed by atoms with Crippen LogP contribution >= 0.6 is 0 Å². The number of hydrogen-bond acceptors (Lipinski definition) is 3. The first kappa shape index (κ1) is 12.5. The zero-order valence-corrected chi connectivity index (χ0v) is 10.1. The minimum Gasteiger partial charge on any atom is -0.349 e. The van der Waals surface area contributed by atoms with Crippen molar-refractivity contribution in [2.24, 2.45) is 0 Å². The van der Waals surface area contributed by atoms with Crippen LogP contribution in [-0.2, 0) is 6.54 Å². The van der Waals surface area contributed by atoms with E-state index in [2.05, 4.69) is 15.4 Å². The van der Waals surface area contributed by atoms with Crippen LogP contribution < -0.4 is 5.32 Å². The van der Waals surface area contributed by atoms with Crippen molar-refractivity contribution in [2.75, 3.05) is 5.32 Å². The molecule has 0 radical (unpaired) electrons. The van der Waals surface area contributed by atoms with E-state index in [1.54, 1.807) is 0 Å². The van der Waals surface area contributed by atoms with Crippen molar-refractivity contribution in [2.45, 2.75) is 6.54 Å². The van der Waals surface area contributed by atoms with Gasteiger partial charge in [0.1, 0.15) is 17.5 Å². The molecule has 0 amide bonds. The Morgan fingerprint density at radius 2 is 1.85 bits per heavy atom. The average Bonchev–Trinajstić information content (AvgIpc) is 2.81. The van der Waals surface area contributed by atoms with Gasteiger partial charge in [-0.05, 0) is 30.3 Å². The summed E-state index contributed by atoms with van der Waals surface area (Å²) in [6, 6.07) is 5.93. The van der Waals surface area contributed by atoms with Gasteiger partial charge in [-0.2, -0.15) is 4.98 Å². The molecule has 102 valence electrons. The van der Waals surface area contributed by atoms with Crippen LogP contribution in [0.2, 0.25) is 0 Å².